The molecule has 2 rings (SSSR count). The van der Waals surface area contributed by atoms with Crippen molar-refractivity contribution in [1.82, 2.24) is 10.6 Å². The van der Waals surface area contributed by atoms with Crippen molar-refractivity contribution in [1.29, 1.82) is 0 Å². The number of piperidine rings is 1. The van der Waals surface area contributed by atoms with Crippen molar-refractivity contribution in [3.05, 3.63) is 35.9 Å². The van der Waals surface area contributed by atoms with E-state index < -0.39 is 0 Å². The van der Waals surface area contributed by atoms with Gasteiger partial charge in [0.25, 0.3) is 0 Å². The normalized spacial score (nSPS) is 20.9. The fraction of sp³-hybridized carbons (Fsp3) is 0.571. The molecule has 0 aromatic heterocycles. The molecule has 0 aliphatic carbocycles. The lowest BCUT2D eigenvalue weighted by Gasteiger charge is -2.23. The van der Waals surface area contributed by atoms with Crippen LogP contribution in [0.15, 0.2) is 30.3 Å². The van der Waals surface area contributed by atoms with E-state index in [2.05, 4.69) is 41.0 Å². The minimum Gasteiger partial charge on any atom is -0.314 e. The Labute approximate surface area is 98.4 Å². The summed E-state index contributed by atoms with van der Waals surface area (Å²) in [4.78, 5) is 0. The van der Waals surface area contributed by atoms with Gasteiger partial charge in [0.05, 0.1) is 0 Å². The maximum absolute atomic E-state index is 3.58. The van der Waals surface area contributed by atoms with Crippen molar-refractivity contribution >= 4 is 0 Å². The second-order valence-corrected chi connectivity index (χ2v) is 4.60. The number of rotatable bonds is 5. The smallest absolute Gasteiger partial charge is 0.0205 e. The molecule has 0 saturated carbocycles. The van der Waals surface area contributed by atoms with Gasteiger partial charge in [0.2, 0.25) is 0 Å². The molecule has 2 heteroatoms. The van der Waals surface area contributed by atoms with Gasteiger partial charge in [0.1, 0.15) is 0 Å². The minimum atomic E-state index is 0.747. The quantitative estimate of drug-likeness (QED) is 0.741. The number of hydrogen-bond acceptors (Lipinski definition) is 2. The van der Waals surface area contributed by atoms with Crippen LogP contribution in [0.3, 0.4) is 0 Å². The van der Waals surface area contributed by atoms with E-state index in [9.17, 15) is 0 Å². The zero-order valence-corrected chi connectivity index (χ0v) is 9.91. The number of hydrogen-bond donors (Lipinski definition) is 2. The van der Waals surface area contributed by atoms with Crippen LogP contribution in [0.5, 0.6) is 0 Å². The van der Waals surface area contributed by atoms with Gasteiger partial charge in [-0.3, -0.25) is 0 Å². The molecule has 1 aliphatic rings. The molecule has 1 heterocycles. The van der Waals surface area contributed by atoms with Crippen molar-refractivity contribution in [2.24, 2.45) is 0 Å². The maximum atomic E-state index is 3.58. The third kappa shape index (κ3) is 3.95. The van der Waals surface area contributed by atoms with Gasteiger partial charge in [-0.25, -0.2) is 0 Å². The van der Waals surface area contributed by atoms with Crippen LogP contribution in [-0.2, 0) is 6.54 Å². The molecule has 0 bridgehead atoms. The summed E-state index contributed by atoms with van der Waals surface area (Å²) in [6.45, 7) is 3.32. The molecular formula is C14H22N2. The van der Waals surface area contributed by atoms with Crippen LogP contribution in [0, 0.1) is 0 Å². The van der Waals surface area contributed by atoms with Gasteiger partial charge in [-0.2, -0.15) is 0 Å². The fourth-order valence-electron chi connectivity index (χ4n) is 2.28. The molecule has 1 aromatic carbocycles. The molecule has 1 atom stereocenters. The average Bonchev–Trinajstić information content (AvgIpc) is 2.37. The standard InChI is InChI=1S/C14H22N2/c1-2-6-13(7-3-1)12-15-11-9-14-8-4-5-10-16-14/h1-3,6-7,14-16H,4-5,8-12H2. The Kier molecular flexibility index (Phi) is 4.84. The van der Waals surface area contributed by atoms with Crippen LogP contribution in [-0.4, -0.2) is 19.1 Å². The van der Waals surface area contributed by atoms with E-state index in [1.54, 1.807) is 0 Å². The molecule has 1 fully saturated rings. The first-order valence-electron chi connectivity index (χ1n) is 6.43. The van der Waals surface area contributed by atoms with Crippen molar-refractivity contribution in [2.45, 2.75) is 38.3 Å². The molecule has 0 spiro atoms. The summed E-state index contributed by atoms with van der Waals surface area (Å²) in [5.74, 6) is 0. The van der Waals surface area contributed by atoms with Gasteiger partial charge >= 0.3 is 0 Å². The molecule has 0 radical (unpaired) electrons. The molecule has 2 nitrogen and oxygen atoms in total. The van der Waals surface area contributed by atoms with E-state index in [0.29, 0.717) is 0 Å². The molecule has 1 aromatic rings. The summed E-state index contributed by atoms with van der Waals surface area (Å²) in [7, 11) is 0. The van der Waals surface area contributed by atoms with Crippen molar-refractivity contribution < 1.29 is 0 Å². The van der Waals surface area contributed by atoms with E-state index in [1.165, 1.54) is 37.8 Å². The van der Waals surface area contributed by atoms with Gasteiger partial charge in [0, 0.05) is 12.6 Å². The lowest BCUT2D eigenvalue weighted by Crippen LogP contribution is -2.36. The first-order valence-corrected chi connectivity index (χ1v) is 6.43. The van der Waals surface area contributed by atoms with Crippen LogP contribution >= 0.6 is 0 Å². The van der Waals surface area contributed by atoms with Crippen LogP contribution in [0.25, 0.3) is 0 Å². The SMILES string of the molecule is c1ccc(CNCCC2CCCCN2)cc1. The van der Waals surface area contributed by atoms with Crippen LogP contribution < -0.4 is 10.6 Å². The molecule has 1 saturated heterocycles. The van der Waals surface area contributed by atoms with Crippen molar-refractivity contribution in [3.63, 3.8) is 0 Å². The highest BCUT2D eigenvalue weighted by Gasteiger charge is 2.11. The molecular weight excluding hydrogens is 196 g/mol. The van der Waals surface area contributed by atoms with E-state index in [1.807, 2.05) is 0 Å². The first-order chi connectivity index (χ1) is 7.95. The highest BCUT2D eigenvalue weighted by molar-refractivity contribution is 5.14. The van der Waals surface area contributed by atoms with Crippen LogP contribution in [0.4, 0.5) is 0 Å². The monoisotopic (exact) mass is 218 g/mol. The summed E-state index contributed by atoms with van der Waals surface area (Å²) in [5, 5.41) is 7.09. The molecule has 1 aliphatic heterocycles. The Morgan fingerprint density at radius 3 is 2.81 bits per heavy atom. The Hall–Kier alpha value is -0.860. The highest BCUT2D eigenvalue weighted by atomic mass is 14.9. The maximum Gasteiger partial charge on any atom is 0.0205 e. The van der Waals surface area contributed by atoms with Gasteiger partial charge in [-0.05, 0) is 37.9 Å². The number of nitrogens with one attached hydrogen (secondary N) is 2. The second kappa shape index (κ2) is 6.66. The zero-order chi connectivity index (χ0) is 11.1. The van der Waals surface area contributed by atoms with Crippen LogP contribution in [0.2, 0.25) is 0 Å². The van der Waals surface area contributed by atoms with Gasteiger partial charge < -0.3 is 10.6 Å². The fourth-order valence-corrected chi connectivity index (χ4v) is 2.28. The first kappa shape index (κ1) is 11.6. The zero-order valence-electron chi connectivity index (χ0n) is 9.91. The molecule has 88 valence electrons. The molecule has 2 N–H and O–H groups in total. The Bertz CT molecular complexity index is 278. The van der Waals surface area contributed by atoms with Gasteiger partial charge in [0.15, 0.2) is 0 Å². The lowest BCUT2D eigenvalue weighted by molar-refractivity contribution is 0.376. The molecule has 1 unspecified atom stereocenters. The van der Waals surface area contributed by atoms with Crippen molar-refractivity contribution in [3.8, 4) is 0 Å². The Balaban J connectivity index is 1.58. The summed E-state index contributed by atoms with van der Waals surface area (Å²) in [6.07, 6.45) is 5.37. The van der Waals surface area contributed by atoms with Crippen molar-refractivity contribution in [2.75, 3.05) is 13.1 Å². The van der Waals surface area contributed by atoms with E-state index in [4.69, 9.17) is 0 Å². The predicted octanol–water partition coefficient (Wildman–Crippen LogP) is 2.31. The second-order valence-electron chi connectivity index (χ2n) is 4.60. The Morgan fingerprint density at radius 2 is 2.06 bits per heavy atom. The van der Waals surface area contributed by atoms with E-state index >= 15 is 0 Å². The van der Waals surface area contributed by atoms with Gasteiger partial charge in [-0.1, -0.05) is 36.8 Å². The summed E-state index contributed by atoms with van der Waals surface area (Å²) < 4.78 is 0. The van der Waals surface area contributed by atoms with Crippen LogP contribution in [0.1, 0.15) is 31.2 Å². The summed E-state index contributed by atoms with van der Waals surface area (Å²) >= 11 is 0. The van der Waals surface area contributed by atoms with E-state index in [0.717, 1.165) is 19.1 Å². The van der Waals surface area contributed by atoms with Gasteiger partial charge in [-0.15, -0.1) is 0 Å². The average molecular weight is 218 g/mol. The summed E-state index contributed by atoms with van der Waals surface area (Å²) in [6, 6.07) is 11.4. The third-order valence-electron chi connectivity index (χ3n) is 3.25. The van der Waals surface area contributed by atoms with E-state index in [-0.39, 0.29) is 0 Å². The third-order valence-corrected chi connectivity index (χ3v) is 3.25. The highest BCUT2D eigenvalue weighted by Crippen LogP contribution is 2.09. The number of benzene rings is 1. The minimum absolute atomic E-state index is 0.747. The molecule has 16 heavy (non-hydrogen) atoms. The molecule has 0 amide bonds. The summed E-state index contributed by atoms with van der Waals surface area (Å²) in [5.41, 5.74) is 1.37. The topological polar surface area (TPSA) is 24.1 Å². The largest absolute Gasteiger partial charge is 0.314 e. The predicted molar refractivity (Wildman–Crippen MR) is 68.4 cm³/mol. The Morgan fingerprint density at radius 1 is 1.19 bits per heavy atom. The lowest BCUT2D eigenvalue weighted by atomic mass is 10.0.